The number of hydrogen-bond donors (Lipinski definition) is 1. The molecule has 19 heavy (non-hydrogen) atoms. The van der Waals surface area contributed by atoms with Crippen LogP contribution in [0.4, 0.5) is 5.69 Å². The summed E-state index contributed by atoms with van der Waals surface area (Å²) in [5, 5.41) is 9.97. The Balaban J connectivity index is 2.21. The molecule has 1 unspecified atom stereocenters. The molecule has 0 saturated heterocycles. The smallest absolute Gasteiger partial charge is 0.0782 e. The van der Waals surface area contributed by atoms with Gasteiger partial charge in [-0.3, -0.25) is 0 Å². The third-order valence-corrected chi connectivity index (χ3v) is 4.85. The fourth-order valence-electron chi connectivity index (χ4n) is 3.01. The van der Waals surface area contributed by atoms with Crippen molar-refractivity contribution in [2.45, 2.75) is 51.7 Å². The van der Waals surface area contributed by atoms with Gasteiger partial charge in [0.25, 0.3) is 0 Å². The van der Waals surface area contributed by atoms with Crippen LogP contribution in [0, 0.1) is 5.92 Å². The standard InChI is InChI=1S/C16H24BrNO/c1-11-4-7-14(8-5-11)18(3)16-9-6-13(17)10-15(16)12(2)19/h6,9-12,14,19H,4-5,7-8H2,1-3H3. The van der Waals surface area contributed by atoms with E-state index >= 15 is 0 Å². The molecule has 0 aliphatic heterocycles. The Morgan fingerprint density at radius 2 is 1.89 bits per heavy atom. The number of aliphatic hydroxyl groups is 1. The number of rotatable bonds is 3. The van der Waals surface area contributed by atoms with Crippen LogP contribution in [-0.4, -0.2) is 18.2 Å². The molecule has 0 spiro atoms. The SMILES string of the molecule is CC1CCC(N(C)c2ccc(Br)cc2C(C)O)CC1. The van der Waals surface area contributed by atoms with Crippen LogP contribution in [0.5, 0.6) is 0 Å². The predicted octanol–water partition coefficient (Wildman–Crippen LogP) is 4.52. The molecule has 1 aliphatic rings. The Kier molecular flexibility index (Phi) is 4.91. The van der Waals surface area contributed by atoms with E-state index in [9.17, 15) is 5.11 Å². The maximum Gasteiger partial charge on any atom is 0.0782 e. The maximum absolute atomic E-state index is 9.97. The largest absolute Gasteiger partial charge is 0.389 e. The summed E-state index contributed by atoms with van der Waals surface area (Å²) in [6.45, 7) is 4.18. The monoisotopic (exact) mass is 325 g/mol. The van der Waals surface area contributed by atoms with Crippen molar-refractivity contribution in [1.82, 2.24) is 0 Å². The van der Waals surface area contributed by atoms with Gasteiger partial charge in [0.2, 0.25) is 0 Å². The van der Waals surface area contributed by atoms with E-state index in [0.29, 0.717) is 6.04 Å². The van der Waals surface area contributed by atoms with Crippen LogP contribution < -0.4 is 4.90 Å². The van der Waals surface area contributed by atoms with Crippen molar-refractivity contribution in [3.8, 4) is 0 Å². The van der Waals surface area contributed by atoms with Gasteiger partial charge in [-0.05, 0) is 56.7 Å². The molecule has 0 aromatic heterocycles. The first-order valence-electron chi connectivity index (χ1n) is 7.19. The van der Waals surface area contributed by atoms with Crippen LogP contribution >= 0.6 is 15.9 Å². The Morgan fingerprint density at radius 3 is 2.47 bits per heavy atom. The average Bonchev–Trinajstić information content (AvgIpc) is 2.38. The Labute approximate surface area is 124 Å². The van der Waals surface area contributed by atoms with Gasteiger partial charge in [-0.15, -0.1) is 0 Å². The van der Waals surface area contributed by atoms with Crippen LogP contribution in [0.2, 0.25) is 0 Å². The highest BCUT2D eigenvalue weighted by Crippen LogP contribution is 2.34. The maximum atomic E-state index is 9.97. The molecule has 1 saturated carbocycles. The van der Waals surface area contributed by atoms with Gasteiger partial charge in [0.15, 0.2) is 0 Å². The van der Waals surface area contributed by atoms with E-state index in [0.717, 1.165) is 21.6 Å². The van der Waals surface area contributed by atoms with Gasteiger partial charge in [-0.1, -0.05) is 22.9 Å². The van der Waals surface area contributed by atoms with Crippen molar-refractivity contribution in [2.24, 2.45) is 5.92 Å². The van der Waals surface area contributed by atoms with Gasteiger partial charge in [-0.2, -0.15) is 0 Å². The number of halogens is 1. The summed E-state index contributed by atoms with van der Waals surface area (Å²) in [7, 11) is 2.16. The van der Waals surface area contributed by atoms with Crippen molar-refractivity contribution >= 4 is 21.6 Å². The number of aliphatic hydroxyl groups excluding tert-OH is 1. The Bertz CT molecular complexity index is 425. The van der Waals surface area contributed by atoms with Crippen molar-refractivity contribution < 1.29 is 5.11 Å². The summed E-state index contributed by atoms with van der Waals surface area (Å²) in [5.41, 5.74) is 2.17. The lowest BCUT2D eigenvalue weighted by Crippen LogP contribution is -2.35. The van der Waals surface area contributed by atoms with Crippen molar-refractivity contribution in [2.75, 3.05) is 11.9 Å². The van der Waals surface area contributed by atoms with E-state index < -0.39 is 6.10 Å². The molecule has 2 rings (SSSR count). The Hall–Kier alpha value is -0.540. The second kappa shape index (κ2) is 6.27. The van der Waals surface area contributed by atoms with Gasteiger partial charge in [-0.25, -0.2) is 0 Å². The van der Waals surface area contributed by atoms with Gasteiger partial charge < -0.3 is 10.0 Å². The van der Waals surface area contributed by atoms with E-state index in [4.69, 9.17) is 0 Å². The minimum absolute atomic E-state index is 0.433. The molecule has 1 atom stereocenters. The van der Waals surface area contributed by atoms with Crippen molar-refractivity contribution in [1.29, 1.82) is 0 Å². The molecule has 106 valence electrons. The fraction of sp³-hybridized carbons (Fsp3) is 0.625. The predicted molar refractivity (Wildman–Crippen MR) is 84.6 cm³/mol. The van der Waals surface area contributed by atoms with Gasteiger partial charge >= 0.3 is 0 Å². The lowest BCUT2D eigenvalue weighted by Gasteiger charge is -2.36. The first kappa shape index (κ1) is 14.9. The molecular formula is C16H24BrNO. The molecule has 1 aliphatic carbocycles. The first-order valence-corrected chi connectivity index (χ1v) is 7.98. The lowest BCUT2D eigenvalue weighted by molar-refractivity contribution is 0.199. The summed E-state index contributed by atoms with van der Waals surface area (Å²) in [6.07, 6.45) is 4.71. The summed E-state index contributed by atoms with van der Waals surface area (Å²) >= 11 is 3.49. The topological polar surface area (TPSA) is 23.5 Å². The minimum Gasteiger partial charge on any atom is -0.389 e. The van der Waals surface area contributed by atoms with E-state index in [-0.39, 0.29) is 0 Å². The zero-order valence-electron chi connectivity index (χ0n) is 12.1. The van der Waals surface area contributed by atoms with E-state index in [1.165, 1.54) is 25.7 Å². The number of nitrogens with zero attached hydrogens (tertiary/aromatic N) is 1. The van der Waals surface area contributed by atoms with Gasteiger partial charge in [0.1, 0.15) is 0 Å². The highest BCUT2D eigenvalue weighted by molar-refractivity contribution is 9.10. The van der Waals surface area contributed by atoms with Gasteiger partial charge in [0.05, 0.1) is 6.10 Å². The molecule has 1 aromatic carbocycles. The molecule has 1 aromatic rings. The normalized spacial score (nSPS) is 25.1. The second-order valence-electron chi connectivity index (χ2n) is 5.90. The molecular weight excluding hydrogens is 302 g/mol. The van der Waals surface area contributed by atoms with Crippen molar-refractivity contribution in [3.63, 3.8) is 0 Å². The van der Waals surface area contributed by atoms with Crippen LogP contribution in [0.1, 0.15) is 51.2 Å². The number of hydrogen-bond acceptors (Lipinski definition) is 2. The van der Waals surface area contributed by atoms with Gasteiger partial charge in [0, 0.05) is 28.8 Å². The van der Waals surface area contributed by atoms with E-state index in [1.54, 1.807) is 0 Å². The summed E-state index contributed by atoms with van der Waals surface area (Å²) in [4.78, 5) is 2.36. The molecule has 1 fully saturated rings. The molecule has 0 bridgehead atoms. The molecule has 2 nitrogen and oxygen atoms in total. The lowest BCUT2D eigenvalue weighted by atomic mass is 9.86. The zero-order valence-corrected chi connectivity index (χ0v) is 13.7. The summed E-state index contributed by atoms with van der Waals surface area (Å²) in [5.74, 6) is 0.866. The van der Waals surface area contributed by atoms with Crippen molar-refractivity contribution in [3.05, 3.63) is 28.2 Å². The first-order chi connectivity index (χ1) is 8.99. The molecule has 0 radical (unpaired) electrons. The summed E-state index contributed by atoms with van der Waals surface area (Å²) in [6, 6.07) is 6.81. The molecule has 0 amide bonds. The second-order valence-corrected chi connectivity index (χ2v) is 6.82. The van der Waals surface area contributed by atoms with Crippen LogP contribution in [-0.2, 0) is 0 Å². The van der Waals surface area contributed by atoms with Crippen LogP contribution in [0.15, 0.2) is 22.7 Å². The zero-order chi connectivity index (χ0) is 14.0. The average molecular weight is 326 g/mol. The molecule has 0 heterocycles. The number of benzene rings is 1. The van der Waals surface area contributed by atoms with E-state index in [2.05, 4.69) is 46.9 Å². The third kappa shape index (κ3) is 3.51. The number of anilines is 1. The third-order valence-electron chi connectivity index (χ3n) is 4.35. The highest BCUT2D eigenvalue weighted by atomic mass is 79.9. The minimum atomic E-state index is -0.433. The summed E-state index contributed by atoms with van der Waals surface area (Å²) < 4.78 is 1.03. The van der Waals surface area contributed by atoms with Crippen LogP contribution in [0.3, 0.4) is 0 Å². The highest BCUT2D eigenvalue weighted by Gasteiger charge is 2.24. The molecule has 1 N–H and O–H groups in total. The van der Waals surface area contributed by atoms with Crippen LogP contribution in [0.25, 0.3) is 0 Å². The fourth-order valence-corrected chi connectivity index (χ4v) is 3.39. The quantitative estimate of drug-likeness (QED) is 0.883. The van der Waals surface area contributed by atoms with E-state index in [1.807, 2.05) is 13.0 Å². The molecule has 3 heteroatoms. The Morgan fingerprint density at radius 1 is 1.26 bits per heavy atom.